The number of aryl methyl sites for hydroxylation is 1. The molecule has 3 aliphatic rings. The maximum Gasteiger partial charge on any atom is 0.340 e. The topological polar surface area (TPSA) is 111 Å². The molecule has 0 saturated heterocycles. The van der Waals surface area contributed by atoms with E-state index in [1.165, 1.54) is 4.90 Å². The number of aliphatic hydroxyl groups is 2. The van der Waals surface area contributed by atoms with Crippen LogP contribution in [0.4, 0.5) is 5.69 Å². The summed E-state index contributed by atoms with van der Waals surface area (Å²) in [4.78, 5) is 29.1. The maximum absolute atomic E-state index is 13.0. The van der Waals surface area contributed by atoms with Crippen LogP contribution in [-0.2, 0) is 28.2 Å². The molecule has 2 aromatic rings. The monoisotopic (exact) mass is 582 g/mol. The van der Waals surface area contributed by atoms with Crippen LogP contribution in [0.25, 0.3) is 0 Å². The van der Waals surface area contributed by atoms with Gasteiger partial charge < -0.3 is 29.9 Å². The lowest BCUT2D eigenvalue weighted by molar-refractivity contribution is -0.164. The number of amides is 1. The first-order valence-corrected chi connectivity index (χ1v) is 14.9. The Balaban J connectivity index is 1.58. The van der Waals surface area contributed by atoms with Crippen LogP contribution < -0.4 is 9.64 Å². The molecule has 2 aliphatic heterocycles. The van der Waals surface area contributed by atoms with Gasteiger partial charge in [0.1, 0.15) is 12.4 Å². The number of carboxylic acids is 1. The largest absolute Gasteiger partial charge is 0.487 e. The summed E-state index contributed by atoms with van der Waals surface area (Å²) in [7, 11) is 1.58. The van der Waals surface area contributed by atoms with Gasteiger partial charge in [0, 0.05) is 31.7 Å². The minimum atomic E-state index is -2.41. The van der Waals surface area contributed by atoms with Crippen LogP contribution in [0.5, 0.6) is 5.75 Å². The molecular weight excluding hydrogens is 544 g/mol. The van der Waals surface area contributed by atoms with Crippen LogP contribution in [0.2, 0.25) is 5.02 Å². The van der Waals surface area contributed by atoms with Crippen molar-refractivity contribution in [2.75, 3.05) is 31.6 Å². The van der Waals surface area contributed by atoms with Crippen LogP contribution in [0.1, 0.15) is 55.2 Å². The van der Waals surface area contributed by atoms with Crippen LogP contribution in [0.15, 0.2) is 48.6 Å². The molecule has 1 aliphatic carbocycles. The Morgan fingerprint density at radius 3 is 2.68 bits per heavy atom. The number of benzene rings is 2. The number of ether oxygens (including phenoxy) is 1. The van der Waals surface area contributed by atoms with Gasteiger partial charge in [0.25, 0.3) is 0 Å². The van der Waals surface area contributed by atoms with Crippen LogP contribution in [0, 0.1) is 11.8 Å². The number of carbonyl (C=O) groups excluding carboxylic acids is 1. The molecule has 0 aromatic heterocycles. The van der Waals surface area contributed by atoms with Gasteiger partial charge in [0.15, 0.2) is 5.60 Å². The lowest BCUT2D eigenvalue weighted by atomic mass is 9.69. The molecule has 2 heterocycles. The quantitative estimate of drug-likeness (QED) is 0.424. The summed E-state index contributed by atoms with van der Waals surface area (Å²) in [6, 6.07) is 10.7. The Bertz CT molecular complexity index is 1320. The number of carbonyl (C=O) groups is 2. The number of halogens is 1. The van der Waals surface area contributed by atoms with Crippen molar-refractivity contribution in [1.29, 1.82) is 0 Å². The molecule has 0 unspecified atom stereocenters. The first-order chi connectivity index (χ1) is 19.7. The van der Waals surface area contributed by atoms with Gasteiger partial charge in [0.2, 0.25) is 5.91 Å². The number of likely N-dealkylation sites (N-methyl/N-ethyl adjacent to an activating group) is 1. The van der Waals surface area contributed by atoms with E-state index in [-0.39, 0.29) is 23.9 Å². The lowest BCUT2D eigenvalue weighted by Crippen LogP contribution is -2.44. The number of aliphatic hydroxyl groups excluding tert-OH is 1. The minimum absolute atomic E-state index is 0.133. The third-order valence-electron chi connectivity index (χ3n) is 8.99. The zero-order valence-electron chi connectivity index (χ0n) is 23.5. The molecule has 2 aromatic carbocycles. The third kappa shape index (κ3) is 6.40. The van der Waals surface area contributed by atoms with E-state index >= 15 is 0 Å². The molecule has 1 amide bonds. The molecule has 1 fully saturated rings. The standard InChI is InChI=1S/C32H39ClN2O6/c1-34-14-4-3-7-28(36)26-12-9-22(26)19-35-15-5-2-6-21-16-25(33)11-8-23(21)20-41-29-13-10-24(17-27(29)35)32(40,31(38)39)18-30(34)37/h3-4,8,10-11,13,16-17,22,26,28,36,40H,2,5-7,9,12,14-15,18-20H2,1H3,(H,38,39)/b4-3-/t22-,26+,28-,32+/m0/s1. The molecule has 5 rings (SSSR count). The SMILES string of the molecule is CN1C/C=C\C[C@H](O)[C@@H]2CC[C@H]2CN2CCCCc3cc(Cl)ccc3COc3ccc(cc32)[C@@](O)(C(=O)O)CC1=O. The number of nitrogens with zero attached hydrogens (tertiary/aromatic N) is 2. The molecule has 9 heteroatoms. The summed E-state index contributed by atoms with van der Waals surface area (Å²) in [5.74, 6) is -0.973. The Hall–Kier alpha value is -3.07. The fraction of sp³-hybridized carbons (Fsp3) is 0.500. The highest BCUT2D eigenvalue weighted by Gasteiger charge is 2.42. The minimum Gasteiger partial charge on any atom is -0.487 e. The van der Waals surface area contributed by atoms with Gasteiger partial charge in [-0.05, 0) is 91.3 Å². The van der Waals surface area contributed by atoms with E-state index in [4.69, 9.17) is 16.3 Å². The number of rotatable bonds is 1. The number of aliphatic carboxylic acids is 1. The second-order valence-corrected chi connectivity index (χ2v) is 12.1. The summed E-state index contributed by atoms with van der Waals surface area (Å²) in [6.45, 7) is 1.95. The molecular formula is C32H39ClN2O6. The van der Waals surface area contributed by atoms with Gasteiger partial charge in [-0.15, -0.1) is 0 Å². The predicted molar refractivity (Wildman–Crippen MR) is 157 cm³/mol. The zero-order valence-corrected chi connectivity index (χ0v) is 24.2. The predicted octanol–water partition coefficient (Wildman–Crippen LogP) is 4.53. The first-order valence-electron chi connectivity index (χ1n) is 14.5. The number of hydrogen-bond donors (Lipinski definition) is 3. The van der Waals surface area contributed by atoms with E-state index in [1.807, 2.05) is 30.4 Å². The van der Waals surface area contributed by atoms with Gasteiger partial charge >= 0.3 is 5.97 Å². The first kappa shape index (κ1) is 29.4. The average molecular weight is 583 g/mol. The van der Waals surface area contributed by atoms with Crippen molar-refractivity contribution in [2.24, 2.45) is 11.8 Å². The van der Waals surface area contributed by atoms with Gasteiger partial charge in [0.05, 0.1) is 18.2 Å². The third-order valence-corrected chi connectivity index (χ3v) is 9.22. The maximum atomic E-state index is 13.0. The Morgan fingerprint density at radius 2 is 1.93 bits per heavy atom. The summed E-state index contributed by atoms with van der Waals surface area (Å²) < 4.78 is 6.37. The molecule has 0 spiro atoms. The lowest BCUT2D eigenvalue weighted by Gasteiger charge is -2.43. The van der Waals surface area contributed by atoms with Gasteiger partial charge in [-0.3, -0.25) is 4.79 Å². The molecule has 41 heavy (non-hydrogen) atoms. The second-order valence-electron chi connectivity index (χ2n) is 11.7. The highest BCUT2D eigenvalue weighted by atomic mass is 35.5. The summed E-state index contributed by atoms with van der Waals surface area (Å²) in [6.07, 6.45) is 7.73. The molecule has 4 atom stereocenters. The van der Waals surface area contributed by atoms with Crippen LogP contribution >= 0.6 is 11.6 Å². The van der Waals surface area contributed by atoms with E-state index in [0.717, 1.165) is 43.2 Å². The van der Waals surface area contributed by atoms with Gasteiger partial charge in [-0.1, -0.05) is 35.9 Å². The molecule has 220 valence electrons. The van der Waals surface area contributed by atoms with Gasteiger partial charge in [-0.25, -0.2) is 4.79 Å². The number of anilines is 1. The van der Waals surface area contributed by atoms with Crippen molar-refractivity contribution < 1.29 is 29.6 Å². The summed E-state index contributed by atoms with van der Waals surface area (Å²) in [5.41, 5.74) is 0.602. The molecule has 3 N–H and O–H groups in total. The van der Waals surface area contributed by atoms with Crippen molar-refractivity contribution in [3.05, 3.63) is 70.3 Å². The van der Waals surface area contributed by atoms with Gasteiger partial charge in [-0.2, -0.15) is 0 Å². The molecule has 0 radical (unpaired) electrons. The Morgan fingerprint density at radius 1 is 1.10 bits per heavy atom. The number of hydrogen-bond acceptors (Lipinski definition) is 6. The van der Waals surface area contributed by atoms with Crippen LogP contribution in [0.3, 0.4) is 0 Å². The summed E-state index contributed by atoms with van der Waals surface area (Å²) in [5, 5.41) is 33.3. The molecule has 8 nitrogen and oxygen atoms in total. The molecule has 1 saturated carbocycles. The van der Waals surface area contributed by atoms with Crippen molar-refractivity contribution >= 4 is 29.2 Å². The zero-order chi connectivity index (χ0) is 29.1. The number of fused-ring (bicyclic) bond motifs is 3. The smallest absolute Gasteiger partial charge is 0.340 e. The average Bonchev–Trinajstić information content (AvgIpc) is 2.95. The molecule has 2 bridgehead atoms. The second kappa shape index (κ2) is 12.4. The highest BCUT2D eigenvalue weighted by Crippen LogP contribution is 2.42. The Labute approximate surface area is 246 Å². The van der Waals surface area contributed by atoms with E-state index in [1.54, 1.807) is 25.2 Å². The number of carboxylic acid groups (broad SMARTS) is 1. The fourth-order valence-corrected chi connectivity index (χ4v) is 6.40. The van der Waals surface area contributed by atoms with Crippen molar-refractivity contribution in [3.63, 3.8) is 0 Å². The van der Waals surface area contributed by atoms with E-state index in [9.17, 15) is 24.9 Å². The normalized spacial score (nSPS) is 28.3. The van der Waals surface area contributed by atoms with E-state index in [2.05, 4.69) is 4.90 Å². The Kier molecular flexibility index (Phi) is 8.92. The van der Waals surface area contributed by atoms with Crippen molar-refractivity contribution in [3.8, 4) is 5.75 Å². The van der Waals surface area contributed by atoms with E-state index < -0.39 is 30.0 Å². The van der Waals surface area contributed by atoms with Crippen molar-refractivity contribution in [1.82, 2.24) is 4.90 Å². The van der Waals surface area contributed by atoms with E-state index in [0.29, 0.717) is 42.6 Å². The van der Waals surface area contributed by atoms with Crippen LogP contribution in [-0.4, -0.2) is 64.9 Å². The van der Waals surface area contributed by atoms with Crippen molar-refractivity contribution in [2.45, 2.75) is 63.3 Å². The summed E-state index contributed by atoms with van der Waals surface area (Å²) >= 11 is 6.29. The highest BCUT2D eigenvalue weighted by molar-refractivity contribution is 6.30. The fourth-order valence-electron chi connectivity index (χ4n) is 6.21.